The van der Waals surface area contributed by atoms with Crippen LogP contribution in [-0.2, 0) is 0 Å². The maximum absolute atomic E-state index is 12.0. The lowest BCUT2D eigenvalue weighted by molar-refractivity contribution is -0.393. The van der Waals surface area contributed by atoms with Crippen molar-refractivity contribution in [3.05, 3.63) is 47.7 Å². The number of rotatable bonds is 2. The number of aryl methyl sites for hydroxylation is 1. The molecule has 3 aromatic rings. The summed E-state index contributed by atoms with van der Waals surface area (Å²) in [7, 11) is 0. The average Bonchev–Trinajstić information content (AvgIpc) is 2.77. The number of nitrogens with zero attached hydrogens (tertiary/aromatic N) is 5. The van der Waals surface area contributed by atoms with Gasteiger partial charge in [0.1, 0.15) is 5.01 Å². The molecular formula is C10H5N5O5S. The van der Waals surface area contributed by atoms with Crippen LogP contribution in [0.5, 0.6) is 0 Å². The molecule has 0 aliphatic rings. The first-order valence-electron chi connectivity index (χ1n) is 5.51. The van der Waals surface area contributed by atoms with E-state index in [2.05, 4.69) is 10.1 Å². The molecule has 0 fully saturated rings. The molecule has 2 heterocycles. The molecule has 0 saturated heterocycles. The van der Waals surface area contributed by atoms with Gasteiger partial charge in [-0.2, -0.15) is 14.6 Å². The zero-order valence-electron chi connectivity index (χ0n) is 10.3. The van der Waals surface area contributed by atoms with Gasteiger partial charge >= 0.3 is 5.69 Å². The van der Waals surface area contributed by atoms with Gasteiger partial charge in [0.05, 0.1) is 21.3 Å². The Morgan fingerprint density at radius 2 is 1.95 bits per heavy atom. The Morgan fingerprint density at radius 1 is 1.24 bits per heavy atom. The van der Waals surface area contributed by atoms with E-state index < -0.39 is 26.8 Å². The van der Waals surface area contributed by atoms with Crippen molar-refractivity contribution < 1.29 is 9.85 Å². The second kappa shape index (κ2) is 4.28. The van der Waals surface area contributed by atoms with Gasteiger partial charge in [0.25, 0.3) is 11.2 Å². The molecule has 0 aliphatic carbocycles. The van der Waals surface area contributed by atoms with Gasteiger partial charge in [0.2, 0.25) is 4.96 Å². The molecule has 0 atom stereocenters. The van der Waals surface area contributed by atoms with Crippen LogP contribution in [0.25, 0.3) is 15.9 Å². The fourth-order valence-electron chi connectivity index (χ4n) is 1.98. The summed E-state index contributed by atoms with van der Waals surface area (Å²) in [5.41, 5.74) is -1.95. The van der Waals surface area contributed by atoms with Crippen molar-refractivity contribution in [2.45, 2.75) is 6.92 Å². The summed E-state index contributed by atoms with van der Waals surface area (Å²) in [6.07, 6.45) is 0. The van der Waals surface area contributed by atoms with E-state index in [-0.39, 0.29) is 15.9 Å². The Labute approximate surface area is 118 Å². The molecule has 0 aliphatic heterocycles. The molecule has 0 radical (unpaired) electrons. The Morgan fingerprint density at radius 3 is 2.57 bits per heavy atom. The zero-order valence-corrected chi connectivity index (χ0v) is 11.2. The van der Waals surface area contributed by atoms with Gasteiger partial charge in [-0.25, -0.2) is 0 Å². The zero-order chi connectivity index (χ0) is 15.3. The van der Waals surface area contributed by atoms with Crippen LogP contribution in [0.15, 0.2) is 16.9 Å². The maximum Gasteiger partial charge on any atom is 0.302 e. The molecule has 21 heavy (non-hydrogen) atoms. The standard InChI is InChI=1S/C10H5N5O5S/c1-4-12-13-8-6(9(16)11-10(13)21-4)2-5(14(17)18)3-7(8)15(19)20/h2-3H,1H3. The number of benzene rings is 1. The molecular weight excluding hydrogens is 302 g/mol. The monoisotopic (exact) mass is 307 g/mol. The van der Waals surface area contributed by atoms with Crippen molar-refractivity contribution in [3.8, 4) is 0 Å². The molecule has 0 unspecified atom stereocenters. The molecule has 0 bridgehead atoms. The van der Waals surface area contributed by atoms with Gasteiger partial charge in [-0.15, -0.1) is 0 Å². The van der Waals surface area contributed by atoms with Gasteiger partial charge in [-0.3, -0.25) is 25.0 Å². The summed E-state index contributed by atoms with van der Waals surface area (Å²) >= 11 is 1.10. The Kier molecular flexibility index (Phi) is 2.66. The highest BCUT2D eigenvalue weighted by atomic mass is 32.1. The van der Waals surface area contributed by atoms with Crippen molar-refractivity contribution in [3.63, 3.8) is 0 Å². The minimum Gasteiger partial charge on any atom is -0.267 e. The molecule has 106 valence electrons. The summed E-state index contributed by atoms with van der Waals surface area (Å²) in [5.74, 6) is 0. The van der Waals surface area contributed by atoms with Gasteiger partial charge in [-0.1, -0.05) is 11.3 Å². The first-order valence-corrected chi connectivity index (χ1v) is 6.33. The second-order valence-corrected chi connectivity index (χ2v) is 5.27. The third-order valence-electron chi connectivity index (χ3n) is 2.78. The van der Waals surface area contributed by atoms with E-state index in [1.165, 1.54) is 4.52 Å². The van der Waals surface area contributed by atoms with Crippen molar-refractivity contribution in [1.82, 2.24) is 14.6 Å². The van der Waals surface area contributed by atoms with E-state index in [0.29, 0.717) is 5.01 Å². The van der Waals surface area contributed by atoms with Crippen LogP contribution in [0.4, 0.5) is 11.4 Å². The number of hydrogen-bond donors (Lipinski definition) is 0. The van der Waals surface area contributed by atoms with Gasteiger partial charge < -0.3 is 0 Å². The summed E-state index contributed by atoms with van der Waals surface area (Å²) < 4.78 is 1.17. The van der Waals surface area contributed by atoms with Crippen molar-refractivity contribution in [2.24, 2.45) is 0 Å². The molecule has 2 aromatic heterocycles. The highest BCUT2D eigenvalue weighted by molar-refractivity contribution is 7.16. The van der Waals surface area contributed by atoms with E-state index in [1.54, 1.807) is 6.92 Å². The van der Waals surface area contributed by atoms with Crippen LogP contribution in [0, 0.1) is 27.2 Å². The van der Waals surface area contributed by atoms with E-state index >= 15 is 0 Å². The minimum absolute atomic E-state index is 0.0926. The lowest BCUT2D eigenvalue weighted by atomic mass is 10.2. The second-order valence-electron chi connectivity index (χ2n) is 4.11. The lowest BCUT2D eigenvalue weighted by Gasteiger charge is -2.01. The topological polar surface area (TPSA) is 134 Å². The summed E-state index contributed by atoms with van der Waals surface area (Å²) in [5, 5.41) is 26.4. The Balaban J connectivity index is 2.63. The minimum atomic E-state index is -0.799. The fourth-order valence-corrected chi connectivity index (χ4v) is 2.71. The summed E-state index contributed by atoms with van der Waals surface area (Å²) in [6, 6.07) is 1.78. The molecule has 11 heteroatoms. The molecule has 0 amide bonds. The lowest BCUT2D eigenvalue weighted by Crippen LogP contribution is -2.11. The predicted octanol–water partition coefficient (Wildman–Crippen LogP) is 1.43. The van der Waals surface area contributed by atoms with Gasteiger partial charge in [-0.05, 0) is 6.92 Å². The van der Waals surface area contributed by atoms with E-state index in [1.807, 2.05) is 0 Å². The van der Waals surface area contributed by atoms with Crippen molar-refractivity contribution in [2.75, 3.05) is 0 Å². The molecule has 3 rings (SSSR count). The number of hydrogen-bond acceptors (Lipinski definition) is 8. The summed E-state index contributed by atoms with van der Waals surface area (Å²) in [6.45, 7) is 1.66. The predicted molar refractivity (Wildman–Crippen MR) is 72.7 cm³/mol. The summed E-state index contributed by atoms with van der Waals surface area (Å²) in [4.78, 5) is 36.3. The van der Waals surface area contributed by atoms with Gasteiger partial charge in [0.15, 0.2) is 5.52 Å². The van der Waals surface area contributed by atoms with Crippen LogP contribution in [0.3, 0.4) is 0 Å². The third-order valence-corrected chi connectivity index (χ3v) is 3.61. The van der Waals surface area contributed by atoms with E-state index in [9.17, 15) is 25.0 Å². The molecule has 1 aromatic carbocycles. The maximum atomic E-state index is 12.0. The number of nitro benzene ring substituents is 2. The van der Waals surface area contributed by atoms with E-state index in [4.69, 9.17) is 0 Å². The van der Waals surface area contributed by atoms with Crippen LogP contribution in [-0.4, -0.2) is 24.4 Å². The van der Waals surface area contributed by atoms with Crippen LogP contribution in [0.1, 0.15) is 5.01 Å². The van der Waals surface area contributed by atoms with E-state index in [0.717, 1.165) is 23.5 Å². The highest BCUT2D eigenvalue weighted by Crippen LogP contribution is 2.30. The molecule has 10 nitrogen and oxygen atoms in total. The van der Waals surface area contributed by atoms with Crippen LogP contribution >= 0.6 is 11.3 Å². The van der Waals surface area contributed by atoms with Crippen molar-refractivity contribution >= 4 is 38.6 Å². The quantitative estimate of drug-likeness (QED) is 0.516. The van der Waals surface area contributed by atoms with Crippen molar-refractivity contribution in [1.29, 1.82) is 0 Å². The normalized spacial score (nSPS) is 11.1. The SMILES string of the molecule is Cc1nn2c(nc(=O)c3cc([N+](=O)[O-])cc([N+](=O)[O-])c32)s1. The average molecular weight is 307 g/mol. The Bertz CT molecular complexity index is 991. The number of non-ortho nitro benzene ring substituents is 2. The molecule has 0 spiro atoms. The van der Waals surface area contributed by atoms with Gasteiger partial charge in [0, 0.05) is 6.07 Å². The third kappa shape index (κ3) is 1.90. The highest BCUT2D eigenvalue weighted by Gasteiger charge is 2.24. The smallest absolute Gasteiger partial charge is 0.267 e. The Hall–Kier alpha value is -2.95. The number of nitro groups is 2. The largest absolute Gasteiger partial charge is 0.302 e. The first-order chi connectivity index (χ1) is 9.88. The first kappa shape index (κ1) is 13.1. The fraction of sp³-hybridized carbons (Fsp3) is 0.100. The molecule has 0 saturated carbocycles. The number of aromatic nitrogens is 3. The van der Waals surface area contributed by atoms with Crippen LogP contribution in [0.2, 0.25) is 0 Å². The number of fused-ring (bicyclic) bond motifs is 3. The van der Waals surface area contributed by atoms with Crippen LogP contribution < -0.4 is 5.56 Å². The molecule has 0 N–H and O–H groups in total.